The number of hydrogen-bond donors (Lipinski definition) is 0. The fraction of sp³-hybridized carbons (Fsp3) is 0.0488. The van der Waals surface area contributed by atoms with Gasteiger partial charge in [0.05, 0.1) is 27.5 Å². The van der Waals surface area contributed by atoms with Gasteiger partial charge in [0.15, 0.2) is 0 Å². The zero-order valence-electron chi connectivity index (χ0n) is 47.0. The molecule has 2 heterocycles. The van der Waals surface area contributed by atoms with Crippen molar-refractivity contribution < 1.29 is 4.42 Å². The van der Waals surface area contributed by atoms with Crippen LogP contribution in [0.15, 0.2) is 296 Å². The van der Waals surface area contributed by atoms with Crippen LogP contribution in [0.3, 0.4) is 0 Å². The summed E-state index contributed by atoms with van der Waals surface area (Å²) in [5.74, 6) is 0. The molecule has 0 bridgehead atoms. The van der Waals surface area contributed by atoms with Crippen LogP contribution < -0.4 is 4.90 Å². The van der Waals surface area contributed by atoms with Crippen molar-refractivity contribution in [2.24, 2.45) is 0 Å². The summed E-state index contributed by atoms with van der Waals surface area (Å²) in [6.07, 6.45) is 0. The second-order valence-corrected chi connectivity index (χ2v) is 23.9. The molecule has 0 saturated heterocycles. The molecule has 0 saturated carbocycles. The minimum atomic E-state index is -0.576. The van der Waals surface area contributed by atoms with E-state index in [0.29, 0.717) is 0 Å². The third kappa shape index (κ3) is 6.78. The SMILES string of the molecule is CC1(C)c2ccccc2-c2ccc(-c3ccc(N(c4ccc5c(c4)C4(c6ccccc6-c6ccc(-c7ccccc7)cc64)c4ccccc4-5)c4cccc5oc6ccc(-c7ccc8c(c7)c7ccccc7n8-c7ccccc7)cc6c45)cc3)cc21. The first-order valence-corrected chi connectivity index (χ1v) is 29.6. The number of rotatable bonds is 7. The molecule has 15 aromatic rings. The van der Waals surface area contributed by atoms with Crippen molar-refractivity contribution >= 4 is 60.8 Å². The Bertz CT molecular complexity index is 5260. The molecule has 85 heavy (non-hydrogen) atoms. The average molecular weight is 1080 g/mol. The number of benzene rings is 13. The second kappa shape index (κ2) is 17.9. The third-order valence-electron chi connectivity index (χ3n) is 19.2. The number of aromatic nitrogens is 1. The maximum atomic E-state index is 6.93. The molecule has 0 N–H and O–H groups in total. The summed E-state index contributed by atoms with van der Waals surface area (Å²) in [4.78, 5) is 2.49. The van der Waals surface area contributed by atoms with E-state index in [1.54, 1.807) is 0 Å². The van der Waals surface area contributed by atoms with Crippen LogP contribution >= 0.6 is 0 Å². The second-order valence-electron chi connectivity index (χ2n) is 23.9. The Morgan fingerprint density at radius 2 is 0.800 bits per heavy atom. The van der Waals surface area contributed by atoms with E-state index in [1.807, 2.05) is 0 Å². The molecule has 3 nitrogen and oxygen atoms in total. The Hall–Kier alpha value is -10.7. The van der Waals surface area contributed by atoms with E-state index in [1.165, 1.54) is 111 Å². The van der Waals surface area contributed by atoms with Gasteiger partial charge in [-0.15, -0.1) is 0 Å². The highest BCUT2D eigenvalue weighted by molar-refractivity contribution is 6.15. The van der Waals surface area contributed by atoms with E-state index in [9.17, 15) is 0 Å². The van der Waals surface area contributed by atoms with Crippen molar-refractivity contribution in [3.05, 3.63) is 325 Å². The third-order valence-corrected chi connectivity index (χ3v) is 19.2. The molecule has 0 radical (unpaired) electrons. The highest BCUT2D eigenvalue weighted by Gasteiger charge is 2.52. The van der Waals surface area contributed by atoms with Crippen molar-refractivity contribution in [1.29, 1.82) is 0 Å². The summed E-state index contributed by atoms with van der Waals surface area (Å²) in [6.45, 7) is 4.72. The molecular weight excluding hydrogens is 1030 g/mol. The first kappa shape index (κ1) is 47.9. The Morgan fingerprint density at radius 3 is 1.53 bits per heavy atom. The van der Waals surface area contributed by atoms with Gasteiger partial charge in [-0.25, -0.2) is 0 Å². The molecule has 1 unspecified atom stereocenters. The lowest BCUT2D eigenvalue weighted by Gasteiger charge is -2.32. The molecule has 1 spiro atoms. The van der Waals surface area contributed by atoms with Crippen molar-refractivity contribution in [2.75, 3.05) is 4.90 Å². The Morgan fingerprint density at radius 1 is 0.306 bits per heavy atom. The number of anilines is 3. The maximum absolute atomic E-state index is 6.93. The molecular formula is C82H54N2O. The summed E-state index contributed by atoms with van der Waals surface area (Å²) in [7, 11) is 0. The van der Waals surface area contributed by atoms with E-state index in [4.69, 9.17) is 4.42 Å². The van der Waals surface area contributed by atoms with Gasteiger partial charge in [0.1, 0.15) is 11.2 Å². The van der Waals surface area contributed by atoms with Crippen LogP contribution in [-0.4, -0.2) is 4.57 Å². The summed E-state index contributed by atoms with van der Waals surface area (Å²) in [6, 6.07) is 108. The molecule has 398 valence electrons. The molecule has 13 aromatic carbocycles. The standard InChI is InChI=1S/C82H54N2O/c1-81(2)69-26-13-9-22-60(69)63-41-34-55(48-72(63)81)52-32-38-58(39-33-52)83(59-40-43-65-62-24-11-15-28-71(62)82(74(65)50-59)70-27-14-10-23-61(70)64-42-35-56(49-73(64)82)51-18-5-3-6-19-51)77-30-17-31-79-80(77)68-47-54(37-45-78(68)85-79)53-36-44-76-67(46-53)66-25-12-16-29-75(66)84(76)57-20-7-4-8-21-57/h3-50H,1-2H3. The lowest BCUT2D eigenvalue weighted by molar-refractivity contribution is 0.660. The molecule has 0 aliphatic heterocycles. The van der Waals surface area contributed by atoms with Gasteiger partial charge in [-0.05, 0) is 191 Å². The minimum absolute atomic E-state index is 0.103. The lowest BCUT2D eigenvalue weighted by Crippen LogP contribution is -2.26. The average Bonchev–Trinajstić information content (AvgIpc) is 1.69. The molecule has 0 fully saturated rings. The van der Waals surface area contributed by atoms with Crippen LogP contribution in [0.4, 0.5) is 17.1 Å². The number of para-hydroxylation sites is 2. The van der Waals surface area contributed by atoms with Gasteiger partial charge in [-0.3, -0.25) is 0 Å². The fourth-order valence-corrected chi connectivity index (χ4v) is 15.4. The number of furan rings is 1. The maximum Gasteiger partial charge on any atom is 0.137 e. The first-order valence-electron chi connectivity index (χ1n) is 29.6. The van der Waals surface area contributed by atoms with Crippen LogP contribution in [0.5, 0.6) is 0 Å². The highest BCUT2D eigenvalue weighted by Crippen LogP contribution is 2.64. The number of fused-ring (bicyclic) bond motifs is 19. The quantitative estimate of drug-likeness (QED) is 0.159. The summed E-state index contributed by atoms with van der Waals surface area (Å²) in [5, 5.41) is 4.58. The van der Waals surface area contributed by atoms with Gasteiger partial charge in [-0.2, -0.15) is 0 Å². The molecule has 1 atom stereocenters. The van der Waals surface area contributed by atoms with Gasteiger partial charge < -0.3 is 13.9 Å². The minimum Gasteiger partial charge on any atom is -0.456 e. The Labute approximate surface area is 493 Å². The molecule has 2 aromatic heterocycles. The van der Waals surface area contributed by atoms with Crippen molar-refractivity contribution in [2.45, 2.75) is 24.7 Å². The van der Waals surface area contributed by atoms with Crippen molar-refractivity contribution in [3.8, 4) is 72.4 Å². The fourth-order valence-electron chi connectivity index (χ4n) is 15.4. The molecule has 3 aliphatic carbocycles. The van der Waals surface area contributed by atoms with E-state index in [2.05, 4.69) is 315 Å². The smallest absolute Gasteiger partial charge is 0.137 e. The lowest BCUT2D eigenvalue weighted by atomic mass is 9.70. The summed E-state index contributed by atoms with van der Waals surface area (Å²) >= 11 is 0. The molecule has 3 aliphatic rings. The van der Waals surface area contributed by atoms with Gasteiger partial charge in [-0.1, -0.05) is 214 Å². The van der Waals surface area contributed by atoms with E-state index in [-0.39, 0.29) is 5.41 Å². The topological polar surface area (TPSA) is 21.3 Å². The highest BCUT2D eigenvalue weighted by atomic mass is 16.3. The predicted octanol–water partition coefficient (Wildman–Crippen LogP) is 21.8. The molecule has 18 rings (SSSR count). The summed E-state index contributed by atoms with van der Waals surface area (Å²) in [5.41, 5.74) is 30.5. The van der Waals surface area contributed by atoms with Crippen LogP contribution in [0.25, 0.3) is 116 Å². The van der Waals surface area contributed by atoms with Gasteiger partial charge in [0.25, 0.3) is 0 Å². The van der Waals surface area contributed by atoms with E-state index >= 15 is 0 Å². The first-order chi connectivity index (χ1) is 41.9. The van der Waals surface area contributed by atoms with Gasteiger partial charge in [0, 0.05) is 38.6 Å². The normalized spacial score (nSPS) is 14.8. The van der Waals surface area contributed by atoms with Crippen LogP contribution in [0.1, 0.15) is 47.2 Å². The van der Waals surface area contributed by atoms with E-state index < -0.39 is 5.41 Å². The Balaban J connectivity index is 0.843. The van der Waals surface area contributed by atoms with Crippen LogP contribution in [0.2, 0.25) is 0 Å². The van der Waals surface area contributed by atoms with Crippen LogP contribution in [0, 0.1) is 0 Å². The van der Waals surface area contributed by atoms with Crippen LogP contribution in [-0.2, 0) is 10.8 Å². The largest absolute Gasteiger partial charge is 0.456 e. The predicted molar refractivity (Wildman–Crippen MR) is 353 cm³/mol. The number of hydrogen-bond acceptors (Lipinski definition) is 2. The molecule has 3 heteroatoms. The molecule has 0 amide bonds. The number of nitrogens with zero attached hydrogens (tertiary/aromatic N) is 2. The van der Waals surface area contributed by atoms with E-state index in [0.717, 1.165) is 55.8 Å². The zero-order chi connectivity index (χ0) is 56.1. The zero-order valence-corrected chi connectivity index (χ0v) is 47.0. The van der Waals surface area contributed by atoms with Gasteiger partial charge >= 0.3 is 0 Å². The monoisotopic (exact) mass is 1080 g/mol. The van der Waals surface area contributed by atoms with Crippen molar-refractivity contribution in [1.82, 2.24) is 4.57 Å². The van der Waals surface area contributed by atoms with Gasteiger partial charge in [0.2, 0.25) is 0 Å². The Kier molecular flexibility index (Phi) is 10.1. The summed E-state index contributed by atoms with van der Waals surface area (Å²) < 4.78 is 9.31. The van der Waals surface area contributed by atoms with Crippen molar-refractivity contribution in [3.63, 3.8) is 0 Å².